The van der Waals surface area contributed by atoms with Crippen molar-refractivity contribution in [3.63, 3.8) is 0 Å². The lowest BCUT2D eigenvalue weighted by Crippen LogP contribution is -2.24. The number of methoxy groups -OCH3 is 1. The molecule has 0 aromatic heterocycles. The van der Waals surface area contributed by atoms with Crippen molar-refractivity contribution < 1.29 is 14.3 Å². The van der Waals surface area contributed by atoms with Gasteiger partial charge in [0.2, 0.25) is 0 Å². The third-order valence-electron chi connectivity index (χ3n) is 2.81. The van der Waals surface area contributed by atoms with Crippen LogP contribution >= 0.6 is 23.2 Å². The summed E-state index contributed by atoms with van der Waals surface area (Å²) < 4.78 is 10.4. The Morgan fingerprint density at radius 3 is 2.35 bits per heavy atom. The quantitative estimate of drug-likeness (QED) is 0.638. The smallest absolute Gasteiger partial charge is 0.277 e. The minimum Gasteiger partial charge on any atom is -0.497 e. The zero-order valence-corrected chi connectivity index (χ0v) is 13.8. The second-order valence-electron chi connectivity index (χ2n) is 4.39. The van der Waals surface area contributed by atoms with Crippen LogP contribution < -0.4 is 14.9 Å². The maximum absolute atomic E-state index is 11.7. The first-order chi connectivity index (χ1) is 11.1. The van der Waals surface area contributed by atoms with Gasteiger partial charge in [0.1, 0.15) is 11.5 Å². The normalized spacial score (nSPS) is 10.6. The second-order valence-corrected chi connectivity index (χ2v) is 5.21. The molecule has 0 saturated carbocycles. The van der Waals surface area contributed by atoms with Crippen LogP contribution in [0, 0.1) is 0 Å². The van der Waals surface area contributed by atoms with Gasteiger partial charge < -0.3 is 9.47 Å². The van der Waals surface area contributed by atoms with E-state index in [-0.39, 0.29) is 6.61 Å². The molecule has 0 unspecified atom stereocenters. The minimum atomic E-state index is -0.403. The van der Waals surface area contributed by atoms with Gasteiger partial charge in [-0.15, -0.1) is 0 Å². The van der Waals surface area contributed by atoms with E-state index in [9.17, 15) is 4.79 Å². The van der Waals surface area contributed by atoms with E-state index in [0.29, 0.717) is 27.1 Å². The van der Waals surface area contributed by atoms with Gasteiger partial charge >= 0.3 is 0 Å². The van der Waals surface area contributed by atoms with Crippen LogP contribution in [0.2, 0.25) is 10.0 Å². The molecule has 0 heterocycles. The molecule has 0 aliphatic carbocycles. The van der Waals surface area contributed by atoms with Crippen LogP contribution in [0.1, 0.15) is 5.56 Å². The molecule has 0 radical (unpaired) electrons. The van der Waals surface area contributed by atoms with E-state index in [2.05, 4.69) is 10.5 Å². The third kappa shape index (κ3) is 5.16. The number of nitrogens with zero attached hydrogens (tertiary/aromatic N) is 1. The molecule has 7 heteroatoms. The molecule has 120 valence electrons. The SMILES string of the molecule is COc1ccc(OCC(=O)NN=Cc2c(Cl)cccc2Cl)cc1. The van der Waals surface area contributed by atoms with Crippen LogP contribution in [0.4, 0.5) is 0 Å². The maximum atomic E-state index is 11.7. The second kappa shape index (κ2) is 8.41. The zero-order valence-electron chi connectivity index (χ0n) is 12.3. The topological polar surface area (TPSA) is 59.9 Å². The minimum absolute atomic E-state index is 0.167. The summed E-state index contributed by atoms with van der Waals surface area (Å²) in [7, 11) is 1.58. The molecule has 0 aliphatic rings. The summed E-state index contributed by atoms with van der Waals surface area (Å²) in [6, 6.07) is 12.0. The average Bonchev–Trinajstić information content (AvgIpc) is 2.56. The van der Waals surface area contributed by atoms with E-state index in [1.54, 1.807) is 49.6 Å². The number of carbonyl (C=O) groups excluding carboxylic acids is 1. The molecular weight excluding hydrogens is 339 g/mol. The molecule has 1 amide bonds. The predicted octanol–water partition coefficient (Wildman–Crippen LogP) is 3.53. The molecule has 23 heavy (non-hydrogen) atoms. The van der Waals surface area contributed by atoms with E-state index in [1.807, 2.05) is 0 Å². The third-order valence-corrected chi connectivity index (χ3v) is 3.47. The Hall–Kier alpha value is -2.24. The van der Waals surface area contributed by atoms with Gasteiger partial charge in [-0.05, 0) is 36.4 Å². The number of hydrogen-bond donors (Lipinski definition) is 1. The molecule has 2 rings (SSSR count). The Kier molecular flexibility index (Phi) is 6.26. The zero-order chi connectivity index (χ0) is 16.7. The molecule has 2 aromatic rings. The van der Waals surface area contributed by atoms with Crippen molar-refractivity contribution in [3.8, 4) is 11.5 Å². The molecule has 1 N–H and O–H groups in total. The van der Waals surface area contributed by atoms with Crippen LogP contribution in [0.25, 0.3) is 0 Å². The molecule has 0 saturated heterocycles. The highest BCUT2D eigenvalue weighted by Gasteiger charge is 2.04. The first-order valence-corrected chi connectivity index (χ1v) is 7.38. The monoisotopic (exact) mass is 352 g/mol. The summed E-state index contributed by atoms with van der Waals surface area (Å²) in [6.07, 6.45) is 1.38. The van der Waals surface area contributed by atoms with Gasteiger partial charge in [-0.25, -0.2) is 5.43 Å². The fourth-order valence-electron chi connectivity index (χ4n) is 1.66. The molecule has 0 spiro atoms. The highest BCUT2D eigenvalue weighted by atomic mass is 35.5. The number of amides is 1. The Balaban J connectivity index is 1.84. The number of ether oxygens (including phenoxy) is 2. The number of rotatable bonds is 6. The summed E-state index contributed by atoms with van der Waals surface area (Å²) in [5.41, 5.74) is 2.88. The van der Waals surface area contributed by atoms with Crippen molar-refractivity contribution in [1.29, 1.82) is 0 Å². The maximum Gasteiger partial charge on any atom is 0.277 e. The van der Waals surface area contributed by atoms with Crippen LogP contribution in [0.15, 0.2) is 47.6 Å². The summed E-state index contributed by atoms with van der Waals surface area (Å²) in [6.45, 7) is -0.167. The van der Waals surface area contributed by atoms with Gasteiger partial charge in [0.05, 0.1) is 23.4 Å². The lowest BCUT2D eigenvalue weighted by molar-refractivity contribution is -0.123. The summed E-state index contributed by atoms with van der Waals surface area (Å²) in [5.74, 6) is 0.863. The lowest BCUT2D eigenvalue weighted by atomic mass is 10.2. The first-order valence-electron chi connectivity index (χ1n) is 6.63. The van der Waals surface area contributed by atoms with Gasteiger partial charge in [-0.1, -0.05) is 29.3 Å². The van der Waals surface area contributed by atoms with Gasteiger partial charge in [-0.2, -0.15) is 5.10 Å². The molecule has 0 bridgehead atoms. The van der Waals surface area contributed by atoms with Crippen LogP contribution in [0.3, 0.4) is 0 Å². The highest BCUT2D eigenvalue weighted by Crippen LogP contribution is 2.22. The van der Waals surface area contributed by atoms with Gasteiger partial charge in [0, 0.05) is 5.56 Å². The number of benzene rings is 2. The van der Waals surface area contributed by atoms with Crippen molar-refractivity contribution in [2.24, 2.45) is 5.10 Å². The van der Waals surface area contributed by atoms with Crippen molar-refractivity contribution in [2.75, 3.05) is 13.7 Å². The fraction of sp³-hybridized carbons (Fsp3) is 0.125. The van der Waals surface area contributed by atoms with Crippen LogP contribution in [0.5, 0.6) is 11.5 Å². The van der Waals surface area contributed by atoms with Crippen LogP contribution in [-0.4, -0.2) is 25.8 Å². The number of halogens is 2. The van der Waals surface area contributed by atoms with Gasteiger partial charge in [-0.3, -0.25) is 4.79 Å². The highest BCUT2D eigenvalue weighted by molar-refractivity contribution is 6.38. The molecular formula is C16H14Cl2N2O3. The standard InChI is InChI=1S/C16H14Cl2N2O3/c1-22-11-5-7-12(8-6-11)23-10-16(21)20-19-9-13-14(17)3-2-4-15(13)18/h2-9H,10H2,1H3,(H,20,21). The Morgan fingerprint density at radius 1 is 1.13 bits per heavy atom. The van der Waals surface area contributed by atoms with E-state index in [1.165, 1.54) is 6.21 Å². The van der Waals surface area contributed by atoms with Crippen molar-refractivity contribution in [2.45, 2.75) is 0 Å². The van der Waals surface area contributed by atoms with Crippen molar-refractivity contribution >= 4 is 35.3 Å². The van der Waals surface area contributed by atoms with Gasteiger partial charge in [0.15, 0.2) is 6.61 Å². The molecule has 0 atom stereocenters. The van der Waals surface area contributed by atoms with Crippen molar-refractivity contribution in [1.82, 2.24) is 5.43 Å². The molecule has 0 aliphatic heterocycles. The van der Waals surface area contributed by atoms with E-state index >= 15 is 0 Å². The predicted molar refractivity (Wildman–Crippen MR) is 90.7 cm³/mol. The Labute approximate surface area is 143 Å². The van der Waals surface area contributed by atoms with Crippen molar-refractivity contribution in [3.05, 3.63) is 58.1 Å². The van der Waals surface area contributed by atoms with E-state index in [4.69, 9.17) is 32.7 Å². The first kappa shape index (κ1) is 17.1. The molecule has 0 fully saturated rings. The largest absolute Gasteiger partial charge is 0.497 e. The Bertz CT molecular complexity index is 683. The van der Waals surface area contributed by atoms with Gasteiger partial charge in [0.25, 0.3) is 5.91 Å². The lowest BCUT2D eigenvalue weighted by Gasteiger charge is -2.06. The molecule has 5 nitrogen and oxygen atoms in total. The number of nitrogens with one attached hydrogen (secondary N) is 1. The Morgan fingerprint density at radius 2 is 1.74 bits per heavy atom. The summed E-state index contributed by atoms with van der Waals surface area (Å²) in [5, 5.41) is 4.71. The summed E-state index contributed by atoms with van der Waals surface area (Å²) >= 11 is 12.0. The fourth-order valence-corrected chi connectivity index (χ4v) is 2.15. The van der Waals surface area contributed by atoms with Crippen LogP contribution in [-0.2, 0) is 4.79 Å². The van der Waals surface area contributed by atoms with E-state index in [0.717, 1.165) is 0 Å². The number of hydrogen-bond acceptors (Lipinski definition) is 4. The number of hydrazone groups is 1. The number of carbonyl (C=O) groups is 1. The van der Waals surface area contributed by atoms with E-state index < -0.39 is 5.91 Å². The average molecular weight is 353 g/mol. The molecule has 2 aromatic carbocycles. The summed E-state index contributed by atoms with van der Waals surface area (Å²) in [4.78, 5) is 11.7.